The lowest BCUT2D eigenvalue weighted by Gasteiger charge is -2.39. The summed E-state index contributed by atoms with van der Waals surface area (Å²) in [5.74, 6) is 0.926. The van der Waals surface area contributed by atoms with E-state index >= 15 is 0 Å². The highest BCUT2D eigenvalue weighted by Gasteiger charge is 2.41. The van der Waals surface area contributed by atoms with Gasteiger partial charge in [0.1, 0.15) is 24.2 Å². The highest BCUT2D eigenvalue weighted by molar-refractivity contribution is 6.35. The van der Waals surface area contributed by atoms with Gasteiger partial charge >= 0.3 is 5.97 Å². The molecule has 2 aliphatic rings. The van der Waals surface area contributed by atoms with E-state index in [4.69, 9.17) is 32.7 Å². The Kier molecular flexibility index (Phi) is 5.24. The Balaban J connectivity index is 1.58. The second-order valence-electron chi connectivity index (χ2n) is 8.16. The Labute approximate surface area is 210 Å². The summed E-state index contributed by atoms with van der Waals surface area (Å²) < 4.78 is 13.2. The number of para-hydroxylation sites is 1. The van der Waals surface area contributed by atoms with Crippen LogP contribution in [0.15, 0.2) is 78.6 Å². The number of aromatic nitrogens is 3. The van der Waals surface area contributed by atoms with E-state index in [0.717, 1.165) is 33.7 Å². The molecule has 35 heavy (non-hydrogen) atoms. The van der Waals surface area contributed by atoms with Crippen molar-refractivity contribution in [2.24, 2.45) is 0 Å². The summed E-state index contributed by atoms with van der Waals surface area (Å²) in [5.41, 5.74) is 4.84. The van der Waals surface area contributed by atoms with E-state index < -0.39 is 18.1 Å². The van der Waals surface area contributed by atoms with Gasteiger partial charge in [-0.05, 0) is 47.5 Å². The fourth-order valence-corrected chi connectivity index (χ4v) is 5.14. The molecule has 2 atom stereocenters. The van der Waals surface area contributed by atoms with Crippen molar-refractivity contribution in [3.8, 4) is 5.75 Å². The lowest BCUT2D eigenvalue weighted by molar-refractivity contribution is 0.0600. The third-order valence-electron chi connectivity index (χ3n) is 6.21. The van der Waals surface area contributed by atoms with Gasteiger partial charge in [-0.2, -0.15) is 10.1 Å². The van der Waals surface area contributed by atoms with Gasteiger partial charge < -0.3 is 14.8 Å². The number of esters is 1. The van der Waals surface area contributed by atoms with Crippen LogP contribution in [0, 0.1) is 0 Å². The predicted molar refractivity (Wildman–Crippen MR) is 133 cm³/mol. The molecule has 3 heterocycles. The number of hydrogen-bond acceptors (Lipinski definition) is 6. The minimum atomic E-state index is -0.492. The summed E-state index contributed by atoms with van der Waals surface area (Å²) in [6.45, 7) is 0. The lowest BCUT2D eigenvalue weighted by Crippen LogP contribution is -2.32. The van der Waals surface area contributed by atoms with E-state index in [1.807, 2.05) is 42.5 Å². The monoisotopic (exact) mass is 504 g/mol. The Morgan fingerprint density at radius 2 is 1.89 bits per heavy atom. The van der Waals surface area contributed by atoms with Gasteiger partial charge in [0, 0.05) is 21.2 Å². The van der Waals surface area contributed by atoms with Crippen molar-refractivity contribution in [2.75, 3.05) is 12.4 Å². The van der Waals surface area contributed by atoms with Gasteiger partial charge in [0.2, 0.25) is 5.95 Å². The van der Waals surface area contributed by atoms with Gasteiger partial charge in [-0.3, -0.25) is 0 Å². The Hall–Kier alpha value is -3.81. The molecule has 0 unspecified atom stereocenters. The highest BCUT2D eigenvalue weighted by atomic mass is 35.5. The number of nitrogens with zero attached hydrogens (tertiary/aromatic N) is 3. The van der Waals surface area contributed by atoms with E-state index in [-0.39, 0.29) is 0 Å². The number of methoxy groups -OCH3 is 1. The molecule has 0 aliphatic carbocycles. The maximum Gasteiger partial charge on any atom is 0.337 e. The first-order chi connectivity index (χ1) is 17.0. The molecule has 0 amide bonds. The number of benzene rings is 3. The van der Waals surface area contributed by atoms with Crippen molar-refractivity contribution >= 4 is 40.8 Å². The van der Waals surface area contributed by atoms with Gasteiger partial charge in [-0.1, -0.05) is 53.5 Å². The van der Waals surface area contributed by atoms with Crippen LogP contribution in [-0.4, -0.2) is 27.8 Å². The van der Waals surface area contributed by atoms with Crippen molar-refractivity contribution in [1.29, 1.82) is 0 Å². The van der Waals surface area contributed by atoms with Crippen LogP contribution in [0.1, 0.15) is 39.2 Å². The number of rotatable bonds is 3. The number of nitrogens with one attached hydrogen (secondary N) is 1. The van der Waals surface area contributed by atoms with E-state index in [1.165, 1.54) is 13.4 Å². The first kappa shape index (κ1) is 21.7. The van der Waals surface area contributed by atoms with Crippen molar-refractivity contribution in [3.05, 3.63) is 111 Å². The second-order valence-corrected chi connectivity index (χ2v) is 9.00. The fraction of sp³-hybridized carbons (Fsp3) is 0.115. The number of hydrogen-bond donors (Lipinski definition) is 1. The Morgan fingerprint density at radius 3 is 2.66 bits per heavy atom. The number of carbonyl (C=O) groups is 1. The van der Waals surface area contributed by atoms with Gasteiger partial charge in [-0.25, -0.2) is 9.48 Å². The quantitative estimate of drug-likeness (QED) is 0.348. The minimum Gasteiger partial charge on any atom is -0.480 e. The zero-order chi connectivity index (χ0) is 24.1. The van der Waals surface area contributed by atoms with Crippen molar-refractivity contribution in [2.45, 2.75) is 12.1 Å². The molecule has 0 fully saturated rings. The van der Waals surface area contributed by atoms with Crippen LogP contribution >= 0.6 is 23.2 Å². The minimum absolute atomic E-state index is 0.399. The maximum absolute atomic E-state index is 12.0. The highest BCUT2D eigenvalue weighted by Crippen LogP contribution is 2.51. The van der Waals surface area contributed by atoms with Crippen molar-refractivity contribution < 1.29 is 14.3 Å². The van der Waals surface area contributed by atoms with Gasteiger partial charge in [-0.15, -0.1) is 0 Å². The smallest absolute Gasteiger partial charge is 0.337 e. The van der Waals surface area contributed by atoms with E-state index in [2.05, 4.69) is 15.4 Å². The molecule has 0 bridgehead atoms. The summed E-state index contributed by atoms with van der Waals surface area (Å²) in [6.07, 6.45) is 1.01. The molecule has 7 nitrogen and oxygen atoms in total. The number of anilines is 1. The molecule has 1 N–H and O–H groups in total. The summed E-state index contributed by atoms with van der Waals surface area (Å²) in [4.78, 5) is 16.4. The standard InChI is InChI=1S/C26H18Cl2N4O3/c1-34-25(33)15-8-6-14(7-9-15)24-21-22(18-4-2-3-5-20(18)35-24)31-26-29-13-30-32(26)23(21)17-11-10-16(27)12-19(17)28/h2-13,23-24H,1H3,(H,29,30,31)/t23-,24+/m0/s1. The molecular formula is C26H18Cl2N4O3. The molecule has 6 rings (SSSR count). The summed E-state index contributed by atoms with van der Waals surface area (Å²) in [5, 5.41) is 9.01. The average Bonchev–Trinajstić information content (AvgIpc) is 3.35. The second kappa shape index (κ2) is 8.45. The zero-order valence-electron chi connectivity index (χ0n) is 18.4. The summed E-state index contributed by atoms with van der Waals surface area (Å²) in [6, 6.07) is 20.0. The number of halogens is 2. The molecule has 9 heteroatoms. The van der Waals surface area contributed by atoms with Crippen LogP contribution in [-0.2, 0) is 4.74 Å². The number of fused-ring (bicyclic) bond motifs is 3. The summed E-state index contributed by atoms with van der Waals surface area (Å²) >= 11 is 12.9. The predicted octanol–water partition coefficient (Wildman–Crippen LogP) is 5.93. The van der Waals surface area contributed by atoms with Gasteiger partial charge in [0.05, 0.1) is 18.4 Å². The van der Waals surface area contributed by atoms with Crippen molar-refractivity contribution in [1.82, 2.24) is 14.8 Å². The molecule has 1 aromatic heterocycles. The Morgan fingerprint density at radius 1 is 1.09 bits per heavy atom. The van der Waals surface area contributed by atoms with Crippen LogP contribution in [0.25, 0.3) is 5.70 Å². The summed E-state index contributed by atoms with van der Waals surface area (Å²) in [7, 11) is 1.36. The fourth-order valence-electron chi connectivity index (χ4n) is 4.63. The molecular weight excluding hydrogens is 487 g/mol. The number of ether oxygens (including phenoxy) is 2. The molecule has 2 aliphatic heterocycles. The zero-order valence-corrected chi connectivity index (χ0v) is 19.9. The van der Waals surface area contributed by atoms with E-state index in [9.17, 15) is 4.79 Å². The molecule has 4 aromatic rings. The lowest BCUT2D eigenvalue weighted by atomic mass is 9.84. The Bertz CT molecular complexity index is 1500. The largest absolute Gasteiger partial charge is 0.480 e. The molecule has 0 spiro atoms. The van der Waals surface area contributed by atoms with E-state index in [0.29, 0.717) is 21.6 Å². The molecule has 0 saturated heterocycles. The topological polar surface area (TPSA) is 78.3 Å². The van der Waals surface area contributed by atoms with Gasteiger partial charge in [0.25, 0.3) is 0 Å². The van der Waals surface area contributed by atoms with E-state index in [1.54, 1.807) is 28.9 Å². The van der Waals surface area contributed by atoms with Crippen LogP contribution in [0.3, 0.4) is 0 Å². The molecule has 0 saturated carbocycles. The first-order valence-electron chi connectivity index (χ1n) is 10.8. The van der Waals surface area contributed by atoms with Crippen LogP contribution in [0.2, 0.25) is 10.0 Å². The van der Waals surface area contributed by atoms with Crippen LogP contribution in [0.5, 0.6) is 5.75 Å². The third kappa shape index (κ3) is 3.55. The maximum atomic E-state index is 12.0. The molecule has 3 aromatic carbocycles. The van der Waals surface area contributed by atoms with Crippen molar-refractivity contribution in [3.63, 3.8) is 0 Å². The first-order valence-corrected chi connectivity index (χ1v) is 11.6. The SMILES string of the molecule is COC(=O)c1ccc([C@H]2Oc3ccccc3C3=C2[C@H](c2ccc(Cl)cc2Cl)n2ncnc2N3)cc1. The normalized spacial score (nSPS) is 18.0. The molecule has 174 valence electrons. The van der Waals surface area contributed by atoms with Crippen LogP contribution in [0.4, 0.5) is 5.95 Å². The molecule has 0 radical (unpaired) electrons. The number of carbonyl (C=O) groups excluding carboxylic acids is 1. The average molecular weight is 505 g/mol. The van der Waals surface area contributed by atoms with Gasteiger partial charge in [0.15, 0.2) is 0 Å². The third-order valence-corrected chi connectivity index (χ3v) is 6.78. The van der Waals surface area contributed by atoms with Crippen LogP contribution < -0.4 is 10.1 Å².